The molecule has 0 radical (unpaired) electrons. The highest BCUT2D eigenvalue weighted by Crippen LogP contribution is 2.14. The van der Waals surface area contributed by atoms with Gasteiger partial charge in [-0.3, -0.25) is 9.59 Å². The number of H-pyrrole nitrogens is 1. The number of rotatable bonds is 6. The van der Waals surface area contributed by atoms with Gasteiger partial charge in [0.05, 0.1) is 6.42 Å². The molecule has 3 N–H and O–H groups in total. The second kappa shape index (κ2) is 7.27. The summed E-state index contributed by atoms with van der Waals surface area (Å²) >= 11 is 6.41. The normalized spacial score (nSPS) is 10.1. The molecule has 0 atom stereocenters. The number of aryl methyl sites for hydroxylation is 1. The lowest BCUT2D eigenvalue weighted by atomic mass is 10.3. The van der Waals surface area contributed by atoms with E-state index < -0.39 is 0 Å². The van der Waals surface area contributed by atoms with Crippen LogP contribution in [0.4, 0.5) is 0 Å². The van der Waals surface area contributed by atoms with Gasteiger partial charge in [-0.2, -0.15) is 0 Å². The van der Waals surface area contributed by atoms with Crippen molar-refractivity contribution in [2.24, 2.45) is 0 Å². The first-order valence-corrected chi connectivity index (χ1v) is 6.97. The Morgan fingerprint density at radius 2 is 2.06 bits per heavy atom. The summed E-state index contributed by atoms with van der Waals surface area (Å²) in [6, 6.07) is 0. The average Bonchev–Trinajstić information content (AvgIpc) is 2.57. The standard InChI is InChI=1S/C11H17N3O2S2/c1-3-12-9(15)4-5-13-10(16)6-8-7(2)14-11(17)18-8/h3-6H2,1-2H3,(H,12,15)(H,13,16)(H,14,17). The van der Waals surface area contributed by atoms with Crippen LogP contribution in [-0.2, 0) is 16.0 Å². The summed E-state index contributed by atoms with van der Waals surface area (Å²) in [5, 5.41) is 5.39. The van der Waals surface area contributed by atoms with E-state index in [1.807, 2.05) is 13.8 Å². The lowest BCUT2D eigenvalue weighted by Gasteiger charge is -2.04. The van der Waals surface area contributed by atoms with Crippen LogP contribution in [0, 0.1) is 10.9 Å². The molecule has 0 saturated heterocycles. The van der Waals surface area contributed by atoms with Crippen LogP contribution >= 0.6 is 23.6 Å². The van der Waals surface area contributed by atoms with Gasteiger partial charge in [0.15, 0.2) is 3.95 Å². The predicted molar refractivity (Wildman–Crippen MR) is 74.3 cm³/mol. The summed E-state index contributed by atoms with van der Waals surface area (Å²) in [5.74, 6) is -0.140. The van der Waals surface area contributed by atoms with E-state index in [2.05, 4.69) is 15.6 Å². The van der Waals surface area contributed by atoms with E-state index in [1.54, 1.807) is 0 Å². The third-order valence-electron chi connectivity index (χ3n) is 2.29. The molecule has 0 spiro atoms. The smallest absolute Gasteiger partial charge is 0.225 e. The number of hydrogen-bond acceptors (Lipinski definition) is 4. The second-order valence-corrected chi connectivity index (χ2v) is 5.56. The predicted octanol–water partition coefficient (Wildman–Crippen LogP) is 1.30. The van der Waals surface area contributed by atoms with E-state index in [1.165, 1.54) is 11.3 Å². The fourth-order valence-electron chi connectivity index (χ4n) is 1.41. The molecule has 0 aliphatic rings. The molecule has 18 heavy (non-hydrogen) atoms. The van der Waals surface area contributed by atoms with Crippen molar-refractivity contribution in [2.75, 3.05) is 13.1 Å². The summed E-state index contributed by atoms with van der Waals surface area (Å²) in [6.07, 6.45) is 0.612. The molecule has 0 aliphatic heterocycles. The van der Waals surface area contributed by atoms with Crippen LogP contribution in [0.2, 0.25) is 0 Å². The van der Waals surface area contributed by atoms with E-state index in [0.717, 1.165) is 10.6 Å². The van der Waals surface area contributed by atoms with Crippen molar-refractivity contribution in [3.63, 3.8) is 0 Å². The van der Waals surface area contributed by atoms with Crippen LogP contribution in [-0.4, -0.2) is 29.9 Å². The maximum absolute atomic E-state index is 11.6. The Bertz CT molecular complexity index is 479. The van der Waals surface area contributed by atoms with Crippen molar-refractivity contribution < 1.29 is 9.59 Å². The monoisotopic (exact) mass is 287 g/mol. The minimum atomic E-state index is -0.0901. The van der Waals surface area contributed by atoms with E-state index in [4.69, 9.17) is 12.2 Å². The minimum absolute atomic E-state index is 0.0497. The third kappa shape index (κ3) is 4.97. The molecule has 0 fully saturated rings. The lowest BCUT2D eigenvalue weighted by Crippen LogP contribution is -2.31. The molecular formula is C11H17N3O2S2. The number of amides is 2. The summed E-state index contributed by atoms with van der Waals surface area (Å²) in [7, 11) is 0. The topological polar surface area (TPSA) is 74.0 Å². The summed E-state index contributed by atoms with van der Waals surface area (Å²) < 4.78 is 0.678. The third-order valence-corrected chi connectivity index (χ3v) is 3.63. The number of aromatic nitrogens is 1. The highest BCUT2D eigenvalue weighted by Gasteiger charge is 2.08. The number of thiazole rings is 1. The first-order chi connectivity index (χ1) is 8.52. The number of nitrogens with one attached hydrogen (secondary N) is 3. The van der Waals surface area contributed by atoms with Crippen molar-refractivity contribution in [1.29, 1.82) is 0 Å². The van der Waals surface area contributed by atoms with Gasteiger partial charge in [0.2, 0.25) is 11.8 Å². The van der Waals surface area contributed by atoms with Crippen molar-refractivity contribution in [3.8, 4) is 0 Å². The van der Waals surface area contributed by atoms with Gasteiger partial charge >= 0.3 is 0 Å². The second-order valence-electron chi connectivity index (χ2n) is 3.79. The number of carbonyl (C=O) groups is 2. The van der Waals surface area contributed by atoms with Gasteiger partial charge < -0.3 is 15.6 Å². The Hall–Kier alpha value is -1.21. The SMILES string of the molecule is CCNC(=O)CCNC(=O)Cc1sc(=S)[nH]c1C. The van der Waals surface area contributed by atoms with Crippen molar-refractivity contribution in [3.05, 3.63) is 14.5 Å². The molecule has 7 heteroatoms. The van der Waals surface area contributed by atoms with Gasteiger partial charge in [0, 0.05) is 30.1 Å². The molecule has 0 saturated carbocycles. The van der Waals surface area contributed by atoms with Crippen molar-refractivity contribution in [1.82, 2.24) is 15.6 Å². The van der Waals surface area contributed by atoms with Crippen LogP contribution in [0.25, 0.3) is 0 Å². The molecule has 1 rings (SSSR count). The van der Waals surface area contributed by atoms with E-state index in [0.29, 0.717) is 29.9 Å². The average molecular weight is 287 g/mol. The molecule has 0 aromatic carbocycles. The Balaban J connectivity index is 2.32. The molecule has 0 unspecified atom stereocenters. The van der Waals surface area contributed by atoms with Crippen LogP contribution < -0.4 is 10.6 Å². The van der Waals surface area contributed by atoms with E-state index in [-0.39, 0.29) is 11.8 Å². The highest BCUT2D eigenvalue weighted by atomic mass is 32.1. The molecule has 1 heterocycles. The highest BCUT2D eigenvalue weighted by molar-refractivity contribution is 7.73. The van der Waals surface area contributed by atoms with Gasteiger partial charge in [0.1, 0.15) is 0 Å². The first-order valence-electron chi connectivity index (χ1n) is 5.75. The number of hydrogen-bond donors (Lipinski definition) is 3. The van der Waals surface area contributed by atoms with Crippen molar-refractivity contribution >= 4 is 35.4 Å². The molecule has 100 valence electrons. The van der Waals surface area contributed by atoms with Crippen LogP contribution in [0.3, 0.4) is 0 Å². The van der Waals surface area contributed by atoms with Crippen LogP contribution in [0.5, 0.6) is 0 Å². The summed E-state index contributed by atoms with van der Waals surface area (Å²) in [4.78, 5) is 26.7. The van der Waals surface area contributed by atoms with Gasteiger partial charge in [0.25, 0.3) is 0 Å². The van der Waals surface area contributed by atoms with Crippen LogP contribution in [0.15, 0.2) is 0 Å². The van der Waals surface area contributed by atoms with Gasteiger partial charge in [-0.15, -0.1) is 11.3 Å². The number of aromatic amines is 1. The Morgan fingerprint density at radius 1 is 1.33 bits per heavy atom. The summed E-state index contributed by atoms with van der Waals surface area (Å²) in [6.45, 7) is 4.72. The van der Waals surface area contributed by atoms with E-state index >= 15 is 0 Å². The Morgan fingerprint density at radius 3 is 2.61 bits per heavy atom. The molecule has 0 bridgehead atoms. The first kappa shape index (κ1) is 14.8. The molecule has 0 aliphatic carbocycles. The molecule has 2 amide bonds. The molecular weight excluding hydrogens is 270 g/mol. The van der Waals surface area contributed by atoms with Gasteiger partial charge in [-0.1, -0.05) is 0 Å². The van der Waals surface area contributed by atoms with Crippen molar-refractivity contribution in [2.45, 2.75) is 26.7 Å². The Labute approximate surface area is 115 Å². The lowest BCUT2D eigenvalue weighted by molar-refractivity contribution is -0.121. The van der Waals surface area contributed by atoms with Gasteiger partial charge in [-0.05, 0) is 26.1 Å². The Kier molecular flexibility index (Phi) is 6.00. The fraction of sp³-hybridized carbons (Fsp3) is 0.545. The molecule has 1 aromatic heterocycles. The zero-order chi connectivity index (χ0) is 13.5. The zero-order valence-electron chi connectivity index (χ0n) is 10.5. The molecule has 1 aromatic rings. The fourth-order valence-corrected chi connectivity index (χ4v) is 2.70. The van der Waals surface area contributed by atoms with Crippen LogP contribution in [0.1, 0.15) is 23.9 Å². The minimum Gasteiger partial charge on any atom is -0.356 e. The largest absolute Gasteiger partial charge is 0.356 e. The molecule has 5 nitrogen and oxygen atoms in total. The zero-order valence-corrected chi connectivity index (χ0v) is 12.1. The van der Waals surface area contributed by atoms with E-state index in [9.17, 15) is 9.59 Å². The maximum atomic E-state index is 11.6. The van der Waals surface area contributed by atoms with Gasteiger partial charge in [-0.25, -0.2) is 0 Å². The maximum Gasteiger partial charge on any atom is 0.225 e. The quantitative estimate of drug-likeness (QED) is 0.690. The summed E-state index contributed by atoms with van der Waals surface area (Å²) in [5.41, 5.74) is 0.934. The number of carbonyl (C=O) groups excluding carboxylic acids is 2.